The molecule has 1 aliphatic rings. The predicted octanol–water partition coefficient (Wildman–Crippen LogP) is 1.78. The van der Waals surface area contributed by atoms with Gasteiger partial charge in [-0.1, -0.05) is 24.3 Å². The van der Waals surface area contributed by atoms with Crippen LogP contribution in [0.15, 0.2) is 18.2 Å². The molecule has 9 nitrogen and oxygen atoms in total. The fraction of sp³-hybridized carbons (Fsp3) is 0.524. The minimum atomic E-state index is -0.172. The van der Waals surface area contributed by atoms with Crippen LogP contribution in [0.1, 0.15) is 29.2 Å². The van der Waals surface area contributed by atoms with Gasteiger partial charge in [-0.25, -0.2) is 4.98 Å². The number of hydrogen-bond acceptors (Lipinski definition) is 9. The normalized spacial score (nSPS) is 16.6. The highest BCUT2D eigenvalue weighted by atomic mass is 32.1. The molecule has 0 radical (unpaired) electrons. The smallest absolute Gasteiger partial charge is 0.230 e. The van der Waals surface area contributed by atoms with Crippen molar-refractivity contribution in [1.82, 2.24) is 24.4 Å². The van der Waals surface area contributed by atoms with Crippen molar-refractivity contribution >= 4 is 16.3 Å². The summed E-state index contributed by atoms with van der Waals surface area (Å²) in [5.74, 6) is 2.16. The number of benzene rings is 1. The number of rotatable bonds is 8. The molecule has 0 saturated carbocycles. The number of piperazine rings is 1. The zero-order valence-electron chi connectivity index (χ0n) is 18.1. The second-order valence-electron chi connectivity index (χ2n) is 7.48. The van der Waals surface area contributed by atoms with Gasteiger partial charge < -0.3 is 19.7 Å². The summed E-state index contributed by atoms with van der Waals surface area (Å²) in [5, 5.41) is 24.8. The summed E-state index contributed by atoms with van der Waals surface area (Å²) >= 11 is 1.46. The number of aromatic nitrogens is 3. The molecule has 10 heteroatoms. The number of ether oxygens (including phenoxy) is 2. The number of aryl methyl sites for hydroxylation is 1. The number of hydrogen-bond donors (Lipinski definition) is 2. The Morgan fingerprint density at radius 1 is 1.13 bits per heavy atom. The van der Waals surface area contributed by atoms with Gasteiger partial charge in [0.15, 0.2) is 17.3 Å². The van der Waals surface area contributed by atoms with Crippen molar-refractivity contribution in [3.63, 3.8) is 0 Å². The van der Waals surface area contributed by atoms with Gasteiger partial charge in [-0.2, -0.15) is 4.52 Å². The lowest BCUT2D eigenvalue weighted by Gasteiger charge is -2.39. The van der Waals surface area contributed by atoms with Crippen molar-refractivity contribution in [3.05, 3.63) is 34.5 Å². The Hall–Kier alpha value is -2.40. The third kappa shape index (κ3) is 4.20. The minimum absolute atomic E-state index is 0.129. The molecule has 31 heavy (non-hydrogen) atoms. The molecule has 0 spiro atoms. The van der Waals surface area contributed by atoms with E-state index in [0.717, 1.165) is 43.0 Å². The molecule has 0 aliphatic carbocycles. The third-order valence-corrected chi connectivity index (χ3v) is 6.79. The van der Waals surface area contributed by atoms with Crippen LogP contribution in [0.5, 0.6) is 17.4 Å². The number of aliphatic hydroxyl groups is 1. The van der Waals surface area contributed by atoms with Crippen molar-refractivity contribution in [1.29, 1.82) is 0 Å². The SMILES string of the molecule is CCc1nc2sc(C(c3ccc(OC)c(OC)c3)N3CCN(CCO)CC3)c(O)n2n1. The van der Waals surface area contributed by atoms with Gasteiger partial charge in [0, 0.05) is 39.1 Å². The average molecular weight is 448 g/mol. The Kier molecular flexibility index (Phi) is 6.61. The van der Waals surface area contributed by atoms with Crippen LogP contribution in [0.2, 0.25) is 0 Å². The summed E-state index contributed by atoms with van der Waals surface area (Å²) in [4.78, 5) is 10.6. The van der Waals surface area contributed by atoms with Crippen molar-refractivity contribution in [3.8, 4) is 17.4 Å². The Morgan fingerprint density at radius 2 is 1.87 bits per heavy atom. The minimum Gasteiger partial charge on any atom is -0.493 e. The summed E-state index contributed by atoms with van der Waals surface area (Å²) < 4.78 is 12.5. The lowest BCUT2D eigenvalue weighted by molar-refractivity contribution is 0.0944. The Balaban J connectivity index is 1.75. The summed E-state index contributed by atoms with van der Waals surface area (Å²) in [7, 11) is 3.24. The van der Waals surface area contributed by atoms with Gasteiger partial charge in [-0.15, -0.1) is 5.10 Å². The first-order valence-electron chi connectivity index (χ1n) is 10.5. The fourth-order valence-corrected chi connectivity index (χ4v) is 5.19. The summed E-state index contributed by atoms with van der Waals surface area (Å²) in [6.45, 7) is 6.16. The van der Waals surface area contributed by atoms with Gasteiger partial charge in [0.2, 0.25) is 10.8 Å². The molecule has 1 unspecified atom stereocenters. The van der Waals surface area contributed by atoms with E-state index in [1.165, 1.54) is 15.9 Å². The number of aliphatic hydroxyl groups excluding tert-OH is 1. The molecule has 1 aliphatic heterocycles. The largest absolute Gasteiger partial charge is 0.493 e. The maximum absolute atomic E-state index is 11.1. The molecular weight excluding hydrogens is 418 g/mol. The van der Waals surface area contributed by atoms with Crippen molar-refractivity contribution in [2.75, 3.05) is 53.6 Å². The van der Waals surface area contributed by atoms with Gasteiger partial charge in [-0.05, 0) is 17.7 Å². The van der Waals surface area contributed by atoms with Crippen molar-refractivity contribution in [2.24, 2.45) is 0 Å². The standard InChI is InChI=1S/C21H29N5O4S/c1-4-17-22-21-26(23-17)20(28)19(31-21)18(25-9-7-24(8-10-25)11-12-27)14-5-6-15(29-2)16(13-14)30-3/h5-6,13,18,27-28H,4,7-12H2,1-3H3. The van der Waals surface area contributed by atoms with Crippen LogP contribution in [0, 0.1) is 0 Å². The molecule has 2 aromatic heterocycles. The van der Waals surface area contributed by atoms with E-state index in [-0.39, 0.29) is 18.5 Å². The zero-order valence-corrected chi connectivity index (χ0v) is 18.9. The topological polar surface area (TPSA) is 95.6 Å². The first-order chi connectivity index (χ1) is 15.1. The van der Waals surface area contributed by atoms with Gasteiger partial charge >= 0.3 is 0 Å². The summed E-state index contributed by atoms with van der Waals surface area (Å²) in [6.07, 6.45) is 0.717. The van der Waals surface area contributed by atoms with Gasteiger partial charge in [0.05, 0.1) is 31.7 Å². The summed E-state index contributed by atoms with van der Waals surface area (Å²) in [6, 6.07) is 5.71. The van der Waals surface area contributed by atoms with E-state index in [1.807, 2.05) is 25.1 Å². The quantitative estimate of drug-likeness (QED) is 0.540. The lowest BCUT2D eigenvalue weighted by Crippen LogP contribution is -2.48. The Bertz CT molecular complexity index is 1030. The maximum atomic E-state index is 11.1. The van der Waals surface area contributed by atoms with Gasteiger partial charge in [-0.3, -0.25) is 9.80 Å². The second-order valence-corrected chi connectivity index (χ2v) is 8.49. The first-order valence-corrected chi connectivity index (χ1v) is 11.3. The van der Waals surface area contributed by atoms with Crippen LogP contribution in [-0.2, 0) is 6.42 Å². The summed E-state index contributed by atoms with van der Waals surface area (Å²) in [5.41, 5.74) is 1.00. The predicted molar refractivity (Wildman–Crippen MR) is 118 cm³/mol. The number of thiazole rings is 1. The van der Waals surface area contributed by atoms with Crippen LogP contribution in [0.25, 0.3) is 4.96 Å². The number of fused-ring (bicyclic) bond motifs is 1. The average Bonchev–Trinajstić information content (AvgIpc) is 3.34. The van der Waals surface area contributed by atoms with E-state index >= 15 is 0 Å². The maximum Gasteiger partial charge on any atom is 0.230 e. The van der Waals surface area contributed by atoms with Crippen LogP contribution in [0.3, 0.4) is 0 Å². The van der Waals surface area contributed by atoms with Crippen LogP contribution < -0.4 is 9.47 Å². The van der Waals surface area contributed by atoms with Crippen molar-refractivity contribution in [2.45, 2.75) is 19.4 Å². The van der Waals surface area contributed by atoms with Crippen LogP contribution in [-0.4, -0.2) is 88.2 Å². The molecule has 1 saturated heterocycles. The molecule has 1 fully saturated rings. The van der Waals surface area contributed by atoms with E-state index < -0.39 is 0 Å². The molecule has 168 valence electrons. The number of nitrogens with zero attached hydrogens (tertiary/aromatic N) is 5. The second kappa shape index (κ2) is 9.39. The highest BCUT2D eigenvalue weighted by Gasteiger charge is 2.32. The Morgan fingerprint density at radius 3 is 2.48 bits per heavy atom. The van der Waals surface area contributed by atoms with Crippen molar-refractivity contribution < 1.29 is 19.7 Å². The number of β-amino-alcohol motifs (C(OH)–C–C–N with tert-alkyl or cyclic N) is 1. The van der Waals surface area contributed by atoms with Gasteiger partial charge in [0.25, 0.3) is 0 Å². The monoisotopic (exact) mass is 447 g/mol. The Labute approximate surface area is 185 Å². The van der Waals surface area contributed by atoms with Gasteiger partial charge in [0.1, 0.15) is 0 Å². The highest BCUT2D eigenvalue weighted by Crippen LogP contribution is 2.42. The molecule has 3 aromatic rings. The van der Waals surface area contributed by atoms with Crippen LogP contribution in [0.4, 0.5) is 0 Å². The fourth-order valence-electron chi connectivity index (χ4n) is 4.06. The van der Waals surface area contributed by atoms with E-state index in [2.05, 4.69) is 19.9 Å². The third-order valence-electron chi connectivity index (χ3n) is 5.72. The van der Waals surface area contributed by atoms with E-state index in [9.17, 15) is 10.2 Å². The van der Waals surface area contributed by atoms with Crippen LogP contribution >= 0.6 is 11.3 Å². The zero-order chi connectivity index (χ0) is 22.0. The molecular formula is C21H29N5O4S. The molecule has 1 atom stereocenters. The first kappa shape index (κ1) is 21.8. The lowest BCUT2D eigenvalue weighted by atomic mass is 10.0. The number of aromatic hydroxyl groups is 1. The highest BCUT2D eigenvalue weighted by molar-refractivity contribution is 7.17. The molecule has 3 heterocycles. The van der Waals surface area contributed by atoms with E-state index in [0.29, 0.717) is 28.8 Å². The number of methoxy groups -OCH3 is 2. The molecule has 0 amide bonds. The van der Waals surface area contributed by atoms with E-state index in [1.54, 1.807) is 14.2 Å². The molecule has 2 N–H and O–H groups in total. The van der Waals surface area contributed by atoms with E-state index in [4.69, 9.17) is 9.47 Å². The molecule has 0 bridgehead atoms. The molecule has 4 rings (SSSR count). The molecule has 1 aromatic carbocycles.